The van der Waals surface area contributed by atoms with Crippen molar-refractivity contribution in [2.45, 2.75) is 13.0 Å². The number of aliphatic hydroxyl groups is 1. The normalized spacial score (nSPS) is 11.8. The Kier molecular flexibility index (Phi) is 11.9. The van der Waals surface area contributed by atoms with E-state index in [0.29, 0.717) is 6.61 Å². The van der Waals surface area contributed by atoms with Crippen molar-refractivity contribution in [2.75, 3.05) is 6.61 Å². The summed E-state index contributed by atoms with van der Waals surface area (Å²) in [4.78, 5) is 0. The first-order valence-corrected chi connectivity index (χ1v) is 2.51. The molecule has 0 spiro atoms. The van der Waals surface area contributed by atoms with Gasteiger partial charge in [0.05, 0.1) is 0 Å². The Morgan fingerprint density at radius 3 is 2.78 bits per heavy atom. The third-order valence-corrected chi connectivity index (χ3v) is 0.507. The smallest absolute Gasteiger partial charge is 0.547 e. The van der Waals surface area contributed by atoms with Crippen LogP contribution in [-0.2, 0) is 4.74 Å². The summed E-state index contributed by atoms with van der Waals surface area (Å²) in [6, 6.07) is 0. The average Bonchev–Trinajstić information content (AvgIpc) is 1.66. The van der Waals surface area contributed by atoms with Gasteiger partial charge in [0.25, 0.3) is 0 Å². The predicted molar refractivity (Wildman–Crippen MR) is 32.1 cm³/mol. The Bertz CT molecular complexity index is 64.1. The molecular formula is C6H11NaO2. The van der Waals surface area contributed by atoms with Crippen molar-refractivity contribution in [3.8, 4) is 0 Å². The van der Waals surface area contributed by atoms with Crippen LogP contribution in [0.3, 0.4) is 0 Å². The van der Waals surface area contributed by atoms with E-state index in [0.717, 1.165) is 0 Å². The van der Waals surface area contributed by atoms with E-state index in [1.54, 1.807) is 13.0 Å². The second-order valence-electron chi connectivity index (χ2n) is 1.50. The summed E-state index contributed by atoms with van der Waals surface area (Å²) in [6.07, 6.45) is 1.13. The van der Waals surface area contributed by atoms with Gasteiger partial charge >= 0.3 is 29.6 Å². The molecule has 0 aliphatic heterocycles. The van der Waals surface area contributed by atoms with Gasteiger partial charge in [-0.15, -0.1) is 6.58 Å². The minimum absolute atomic E-state index is 0. The van der Waals surface area contributed by atoms with Gasteiger partial charge in [-0.1, -0.05) is 13.0 Å². The maximum absolute atomic E-state index is 8.56. The van der Waals surface area contributed by atoms with Crippen molar-refractivity contribution in [3.05, 3.63) is 19.3 Å². The fourth-order valence-corrected chi connectivity index (χ4v) is 0.263. The molecule has 2 nitrogen and oxygen atoms in total. The van der Waals surface area contributed by atoms with Crippen LogP contribution >= 0.6 is 0 Å². The first-order valence-electron chi connectivity index (χ1n) is 2.51. The van der Waals surface area contributed by atoms with Gasteiger partial charge in [-0.3, -0.25) is 0 Å². The van der Waals surface area contributed by atoms with E-state index in [4.69, 9.17) is 9.84 Å². The van der Waals surface area contributed by atoms with Gasteiger partial charge in [-0.2, -0.15) is 6.61 Å². The van der Waals surface area contributed by atoms with Gasteiger partial charge in [0.1, 0.15) is 0 Å². The van der Waals surface area contributed by atoms with Gasteiger partial charge < -0.3 is 9.84 Å². The van der Waals surface area contributed by atoms with E-state index in [1.807, 2.05) is 0 Å². The molecular weight excluding hydrogens is 127 g/mol. The number of rotatable bonds is 4. The third-order valence-electron chi connectivity index (χ3n) is 0.507. The molecule has 0 aromatic rings. The van der Waals surface area contributed by atoms with Crippen molar-refractivity contribution >= 4 is 0 Å². The molecule has 0 bridgehead atoms. The second kappa shape index (κ2) is 8.66. The van der Waals surface area contributed by atoms with Crippen LogP contribution in [0.5, 0.6) is 0 Å². The zero-order valence-corrected chi connectivity index (χ0v) is 8.00. The fraction of sp³-hybridized carbons (Fsp3) is 0.500. The molecule has 1 atom stereocenters. The van der Waals surface area contributed by atoms with E-state index in [9.17, 15) is 0 Å². The molecule has 0 radical (unpaired) electrons. The molecule has 3 heteroatoms. The van der Waals surface area contributed by atoms with Gasteiger partial charge in [0.2, 0.25) is 0 Å². The van der Waals surface area contributed by atoms with Crippen molar-refractivity contribution < 1.29 is 39.4 Å². The summed E-state index contributed by atoms with van der Waals surface area (Å²) in [6.45, 7) is 6.88. The molecule has 0 saturated heterocycles. The Labute approximate surface area is 78.2 Å². The molecule has 9 heavy (non-hydrogen) atoms. The van der Waals surface area contributed by atoms with Crippen LogP contribution in [0.4, 0.5) is 0 Å². The summed E-state index contributed by atoms with van der Waals surface area (Å²) >= 11 is 0. The van der Waals surface area contributed by atoms with Gasteiger partial charge in [0, 0.05) is 6.61 Å². The van der Waals surface area contributed by atoms with Crippen LogP contribution < -0.4 is 29.6 Å². The van der Waals surface area contributed by atoms with Crippen LogP contribution in [0.2, 0.25) is 0 Å². The molecule has 0 aliphatic carbocycles. The summed E-state index contributed by atoms with van der Waals surface area (Å²) in [7, 11) is 0. The molecule has 1 unspecified atom stereocenters. The first-order chi connectivity index (χ1) is 3.77. The number of aliphatic hydroxyl groups excluding tert-OH is 1. The summed E-state index contributed by atoms with van der Waals surface area (Å²) < 4.78 is 4.75. The molecule has 0 heterocycles. The van der Waals surface area contributed by atoms with Crippen LogP contribution in [0.25, 0.3) is 0 Å². The number of ether oxygens (including phenoxy) is 1. The van der Waals surface area contributed by atoms with Crippen LogP contribution in [0.15, 0.2) is 12.7 Å². The van der Waals surface area contributed by atoms with Crippen molar-refractivity contribution in [2.24, 2.45) is 0 Å². The molecule has 0 saturated carbocycles. The fourth-order valence-electron chi connectivity index (χ4n) is 0.263. The van der Waals surface area contributed by atoms with E-state index in [2.05, 4.69) is 6.58 Å². The summed E-state index contributed by atoms with van der Waals surface area (Å²) in [5.41, 5.74) is 0. The van der Waals surface area contributed by atoms with Crippen LogP contribution in [0.1, 0.15) is 6.92 Å². The zero-order valence-electron chi connectivity index (χ0n) is 6.00. The van der Waals surface area contributed by atoms with E-state index < -0.39 is 6.10 Å². The van der Waals surface area contributed by atoms with E-state index in [1.165, 1.54) is 6.61 Å². The molecule has 0 rings (SSSR count). The Morgan fingerprint density at radius 1 is 1.89 bits per heavy atom. The minimum atomic E-state index is -0.491. The molecule has 48 valence electrons. The average molecular weight is 138 g/mol. The summed E-state index contributed by atoms with van der Waals surface area (Å²) in [5.74, 6) is 0. The SMILES string of the molecule is C=CCO[CH-]C(C)O.[Na+]. The largest absolute Gasteiger partial charge is 1.00 e. The van der Waals surface area contributed by atoms with Crippen molar-refractivity contribution in [1.29, 1.82) is 0 Å². The molecule has 1 N–H and O–H groups in total. The van der Waals surface area contributed by atoms with Crippen LogP contribution in [0, 0.1) is 6.61 Å². The number of hydrogen-bond donors (Lipinski definition) is 1. The third kappa shape index (κ3) is 12.0. The Balaban J connectivity index is 0. The van der Waals surface area contributed by atoms with Crippen molar-refractivity contribution in [1.82, 2.24) is 0 Å². The maximum atomic E-state index is 8.56. The number of hydrogen-bond acceptors (Lipinski definition) is 2. The van der Waals surface area contributed by atoms with E-state index in [-0.39, 0.29) is 29.6 Å². The first kappa shape index (κ1) is 12.3. The zero-order chi connectivity index (χ0) is 6.41. The molecule has 0 aromatic heterocycles. The maximum Gasteiger partial charge on any atom is 1.00 e. The molecule has 0 amide bonds. The molecule has 0 fully saturated rings. The van der Waals surface area contributed by atoms with Gasteiger partial charge in [0.15, 0.2) is 0 Å². The quantitative estimate of drug-likeness (QED) is 0.205. The van der Waals surface area contributed by atoms with Gasteiger partial charge in [-0.05, 0) is 6.10 Å². The topological polar surface area (TPSA) is 29.5 Å². The Hall–Kier alpha value is 0.660. The molecule has 0 aromatic carbocycles. The Morgan fingerprint density at radius 2 is 2.44 bits per heavy atom. The van der Waals surface area contributed by atoms with Crippen LogP contribution in [-0.4, -0.2) is 17.8 Å². The molecule has 0 aliphatic rings. The second-order valence-corrected chi connectivity index (χ2v) is 1.50. The summed E-state index contributed by atoms with van der Waals surface area (Å²) in [5, 5.41) is 8.56. The van der Waals surface area contributed by atoms with Crippen molar-refractivity contribution in [3.63, 3.8) is 0 Å². The monoisotopic (exact) mass is 138 g/mol. The minimum Gasteiger partial charge on any atom is -0.547 e. The predicted octanol–water partition coefficient (Wildman–Crippen LogP) is -2.26. The standard InChI is InChI=1S/C6H11O2.Na/c1-3-4-8-5-6(2)7;/h3,5-7H,1,4H2,2H3;/q-1;+1. The van der Waals surface area contributed by atoms with Gasteiger partial charge in [-0.25, -0.2) is 0 Å². The van der Waals surface area contributed by atoms with E-state index >= 15 is 0 Å².